The predicted molar refractivity (Wildman–Crippen MR) is 109 cm³/mol. The lowest BCUT2D eigenvalue weighted by Gasteiger charge is -2.40. The van der Waals surface area contributed by atoms with E-state index >= 15 is 0 Å². The van der Waals surface area contributed by atoms with Gasteiger partial charge in [0, 0.05) is 0 Å². The van der Waals surface area contributed by atoms with Crippen molar-refractivity contribution >= 4 is 0 Å². The molecule has 3 aromatic rings. The molecule has 0 amide bonds. The minimum absolute atomic E-state index is 0.122. The van der Waals surface area contributed by atoms with E-state index in [1.165, 1.54) is 17.2 Å². The van der Waals surface area contributed by atoms with Crippen LogP contribution in [0.4, 0.5) is 4.39 Å². The van der Waals surface area contributed by atoms with Gasteiger partial charge in [0.2, 0.25) is 0 Å². The van der Waals surface area contributed by atoms with Gasteiger partial charge in [-0.15, -0.1) is 0 Å². The number of halogens is 1. The first-order chi connectivity index (χ1) is 13.6. The molecule has 0 aliphatic heterocycles. The van der Waals surface area contributed by atoms with Crippen molar-refractivity contribution in [2.24, 2.45) is 5.92 Å². The Hall–Kier alpha value is -2.81. The van der Waals surface area contributed by atoms with Crippen LogP contribution >= 0.6 is 0 Å². The molecule has 3 atom stereocenters. The largest absolute Gasteiger partial charge is 0.508 e. The van der Waals surface area contributed by atoms with Gasteiger partial charge < -0.3 is 10.2 Å². The summed E-state index contributed by atoms with van der Waals surface area (Å²) in [5, 5.41) is 19.8. The Kier molecular flexibility index (Phi) is 5.08. The average Bonchev–Trinajstić information content (AvgIpc) is 2.70. The molecule has 0 bridgehead atoms. The second-order valence-corrected chi connectivity index (χ2v) is 7.76. The van der Waals surface area contributed by atoms with Crippen LogP contribution in [0.3, 0.4) is 0 Å². The summed E-state index contributed by atoms with van der Waals surface area (Å²) in [6.45, 7) is 2.18. The van der Waals surface area contributed by atoms with E-state index in [0.29, 0.717) is 23.8 Å². The van der Waals surface area contributed by atoms with Crippen molar-refractivity contribution in [3.05, 3.63) is 94.8 Å². The van der Waals surface area contributed by atoms with E-state index in [9.17, 15) is 14.6 Å². The molecule has 28 heavy (non-hydrogen) atoms. The summed E-state index contributed by atoms with van der Waals surface area (Å²) in [5.41, 5.74) is 4.25. The molecule has 4 rings (SSSR count). The molecule has 0 spiro atoms. The lowest BCUT2D eigenvalue weighted by Crippen LogP contribution is -2.29. The second kappa shape index (κ2) is 7.67. The van der Waals surface area contributed by atoms with Gasteiger partial charge in [-0.3, -0.25) is 0 Å². The number of hydrogen-bond acceptors (Lipinski definition) is 2. The topological polar surface area (TPSA) is 40.5 Å². The third-order valence-corrected chi connectivity index (χ3v) is 6.19. The van der Waals surface area contributed by atoms with Crippen LogP contribution in [0.1, 0.15) is 47.4 Å². The van der Waals surface area contributed by atoms with Crippen molar-refractivity contribution in [3.63, 3.8) is 0 Å². The van der Waals surface area contributed by atoms with E-state index in [0.717, 1.165) is 18.4 Å². The van der Waals surface area contributed by atoms with E-state index in [-0.39, 0.29) is 23.2 Å². The predicted octanol–water partition coefficient (Wildman–Crippen LogP) is 5.93. The summed E-state index contributed by atoms with van der Waals surface area (Å²) in [5.74, 6) is 1.08. The van der Waals surface area contributed by atoms with Gasteiger partial charge in [-0.25, -0.2) is 4.39 Å². The molecule has 2 nitrogen and oxygen atoms in total. The van der Waals surface area contributed by atoms with E-state index < -0.39 is 0 Å². The van der Waals surface area contributed by atoms with Crippen LogP contribution in [0.25, 0.3) is 0 Å². The molecule has 144 valence electrons. The van der Waals surface area contributed by atoms with Gasteiger partial charge in [0.25, 0.3) is 0 Å². The zero-order chi connectivity index (χ0) is 19.7. The number of benzene rings is 3. The number of fused-ring (bicyclic) bond motifs is 1. The van der Waals surface area contributed by atoms with Crippen molar-refractivity contribution in [2.75, 3.05) is 0 Å². The molecule has 2 N–H and O–H groups in total. The fraction of sp³-hybridized carbons (Fsp3) is 0.280. The molecule has 0 radical (unpaired) electrons. The maximum Gasteiger partial charge on any atom is 0.126 e. The first-order valence-corrected chi connectivity index (χ1v) is 9.91. The molecule has 3 unspecified atom stereocenters. The van der Waals surface area contributed by atoms with Crippen LogP contribution in [-0.4, -0.2) is 10.2 Å². The number of hydrogen-bond donors (Lipinski definition) is 2. The Morgan fingerprint density at radius 1 is 0.929 bits per heavy atom. The van der Waals surface area contributed by atoms with Gasteiger partial charge in [0.15, 0.2) is 0 Å². The third kappa shape index (κ3) is 3.49. The maximum atomic E-state index is 14.4. The third-order valence-electron chi connectivity index (χ3n) is 6.19. The van der Waals surface area contributed by atoms with Gasteiger partial charge in [0.1, 0.15) is 17.3 Å². The lowest BCUT2D eigenvalue weighted by molar-refractivity contribution is 0.309. The highest BCUT2D eigenvalue weighted by Crippen LogP contribution is 2.48. The highest BCUT2D eigenvalue weighted by molar-refractivity contribution is 5.44. The van der Waals surface area contributed by atoms with Gasteiger partial charge in [-0.05, 0) is 83.2 Å². The average molecular weight is 376 g/mol. The molecule has 0 aromatic heterocycles. The van der Waals surface area contributed by atoms with Crippen LogP contribution in [0, 0.1) is 11.7 Å². The molecule has 0 saturated carbocycles. The monoisotopic (exact) mass is 376 g/mol. The molecule has 1 aliphatic carbocycles. The molecule has 3 heteroatoms. The van der Waals surface area contributed by atoms with Crippen LogP contribution in [-0.2, 0) is 12.8 Å². The smallest absolute Gasteiger partial charge is 0.126 e. The Bertz CT molecular complexity index is 965. The van der Waals surface area contributed by atoms with Crippen LogP contribution in [0.15, 0.2) is 66.7 Å². The molecule has 0 fully saturated rings. The molecular weight excluding hydrogens is 351 g/mol. The second-order valence-electron chi connectivity index (χ2n) is 7.76. The fourth-order valence-corrected chi connectivity index (χ4v) is 4.83. The van der Waals surface area contributed by atoms with Gasteiger partial charge in [-0.2, -0.15) is 0 Å². The molecule has 0 heterocycles. The SMILES string of the molecule is CCC1C(c2ccc(O)cc2)Cc2ccc(O)cc2C1Cc1ccccc1F. The standard InChI is InChI=1S/C25H25FO2/c1-2-21-22(16-7-10-19(27)11-8-16)13-17-9-12-20(28)15-23(17)24(21)14-18-5-3-4-6-25(18)26/h3-12,15,21-22,24,27-28H,2,13-14H2,1H3. The van der Waals surface area contributed by atoms with Crippen molar-refractivity contribution in [1.82, 2.24) is 0 Å². The van der Waals surface area contributed by atoms with E-state index in [1.54, 1.807) is 24.3 Å². The summed E-state index contributed by atoms with van der Waals surface area (Å²) in [4.78, 5) is 0. The first kappa shape index (κ1) is 18.5. The normalized spacial score (nSPS) is 21.3. The Morgan fingerprint density at radius 2 is 1.64 bits per heavy atom. The summed E-state index contributed by atoms with van der Waals surface area (Å²) >= 11 is 0. The molecule has 1 aliphatic rings. The van der Waals surface area contributed by atoms with Crippen LogP contribution in [0.2, 0.25) is 0 Å². The molecule has 3 aromatic carbocycles. The minimum Gasteiger partial charge on any atom is -0.508 e. The summed E-state index contributed by atoms with van der Waals surface area (Å²) in [6.07, 6.45) is 2.45. The highest BCUT2D eigenvalue weighted by Gasteiger charge is 2.37. The lowest BCUT2D eigenvalue weighted by atomic mass is 9.64. The first-order valence-electron chi connectivity index (χ1n) is 9.91. The Balaban J connectivity index is 1.79. The van der Waals surface area contributed by atoms with E-state index in [4.69, 9.17) is 0 Å². The maximum absolute atomic E-state index is 14.4. The van der Waals surface area contributed by atoms with Crippen LogP contribution in [0.5, 0.6) is 11.5 Å². The molecule has 0 saturated heterocycles. The van der Waals surface area contributed by atoms with Crippen LogP contribution < -0.4 is 0 Å². The minimum atomic E-state index is -0.175. The van der Waals surface area contributed by atoms with Crippen molar-refractivity contribution in [1.29, 1.82) is 0 Å². The number of aromatic hydroxyl groups is 2. The number of rotatable bonds is 4. The quantitative estimate of drug-likeness (QED) is 0.592. The fourth-order valence-electron chi connectivity index (χ4n) is 4.83. The highest BCUT2D eigenvalue weighted by atomic mass is 19.1. The van der Waals surface area contributed by atoms with E-state index in [1.807, 2.05) is 36.4 Å². The zero-order valence-electron chi connectivity index (χ0n) is 16.0. The van der Waals surface area contributed by atoms with Crippen molar-refractivity contribution in [3.8, 4) is 11.5 Å². The summed E-state index contributed by atoms with van der Waals surface area (Å²) < 4.78 is 14.4. The Morgan fingerprint density at radius 3 is 2.36 bits per heavy atom. The summed E-state index contributed by atoms with van der Waals surface area (Å²) in [6, 6.07) is 20.0. The van der Waals surface area contributed by atoms with Crippen molar-refractivity contribution in [2.45, 2.75) is 38.0 Å². The Labute approximate surface area is 165 Å². The van der Waals surface area contributed by atoms with E-state index in [2.05, 4.69) is 6.92 Å². The summed E-state index contributed by atoms with van der Waals surface area (Å²) in [7, 11) is 0. The van der Waals surface area contributed by atoms with Gasteiger partial charge in [0.05, 0.1) is 0 Å². The van der Waals surface area contributed by atoms with Gasteiger partial charge >= 0.3 is 0 Å². The zero-order valence-corrected chi connectivity index (χ0v) is 16.0. The van der Waals surface area contributed by atoms with Crippen molar-refractivity contribution < 1.29 is 14.6 Å². The number of phenols is 2. The molecular formula is C25H25FO2. The number of phenolic OH excluding ortho intramolecular Hbond substituents is 2. The van der Waals surface area contributed by atoms with Gasteiger partial charge in [-0.1, -0.05) is 49.7 Å².